The van der Waals surface area contributed by atoms with Crippen LogP contribution in [0.15, 0.2) is 34.0 Å². The van der Waals surface area contributed by atoms with Crippen molar-refractivity contribution >= 4 is 28.5 Å². The van der Waals surface area contributed by atoms with Crippen LogP contribution < -0.4 is 16.0 Å². The molecule has 9 nitrogen and oxygen atoms in total. The van der Waals surface area contributed by atoms with E-state index in [4.69, 9.17) is 21.1 Å². The van der Waals surface area contributed by atoms with Gasteiger partial charge in [-0.05, 0) is 25.1 Å². The molecule has 0 N–H and O–H groups in total. The van der Waals surface area contributed by atoms with E-state index in [0.29, 0.717) is 27.7 Å². The summed E-state index contributed by atoms with van der Waals surface area (Å²) in [6.07, 6.45) is 1.81. The number of hydrogen-bond acceptors (Lipinski definition) is 5. The molecular weight excluding hydrogens is 398 g/mol. The fraction of sp³-hybridized carbons (Fsp3) is 0.316. The topological polar surface area (TPSA) is 84.7 Å². The second kappa shape index (κ2) is 7.09. The molecule has 1 aromatic carbocycles. The summed E-state index contributed by atoms with van der Waals surface area (Å²) in [6.45, 7) is 2.33. The Morgan fingerprint density at radius 3 is 2.62 bits per heavy atom. The number of fused-ring (bicyclic) bond motifs is 3. The molecule has 0 aliphatic carbocycles. The fourth-order valence-corrected chi connectivity index (χ4v) is 3.76. The summed E-state index contributed by atoms with van der Waals surface area (Å²) in [6, 6.07) is 5.39. The molecule has 0 fully saturated rings. The first-order valence-corrected chi connectivity index (χ1v) is 9.29. The quantitative estimate of drug-likeness (QED) is 0.494. The molecule has 0 radical (unpaired) electrons. The Morgan fingerprint density at radius 1 is 1.21 bits per heavy atom. The van der Waals surface area contributed by atoms with E-state index in [0.717, 1.165) is 15.9 Å². The van der Waals surface area contributed by atoms with Gasteiger partial charge in [-0.3, -0.25) is 22.9 Å². The highest BCUT2D eigenvalue weighted by Gasteiger charge is 2.21. The van der Waals surface area contributed by atoms with Crippen molar-refractivity contribution in [2.75, 3.05) is 20.8 Å². The van der Waals surface area contributed by atoms with Gasteiger partial charge >= 0.3 is 5.69 Å². The lowest BCUT2D eigenvalue weighted by Crippen LogP contribution is -2.40. The van der Waals surface area contributed by atoms with E-state index in [9.17, 15) is 9.59 Å². The van der Waals surface area contributed by atoms with E-state index in [1.807, 2.05) is 23.8 Å². The molecule has 3 heterocycles. The molecule has 10 heteroatoms. The van der Waals surface area contributed by atoms with Crippen LogP contribution in [0.4, 0.5) is 0 Å². The van der Waals surface area contributed by atoms with Gasteiger partial charge in [-0.1, -0.05) is 11.6 Å². The number of imidazole rings is 2. The molecule has 0 aliphatic heterocycles. The first-order valence-electron chi connectivity index (χ1n) is 8.91. The molecule has 0 aliphatic rings. The number of hydrogen-bond donors (Lipinski definition) is 0. The SMILES string of the molecule is COCCn1c(=O)c2c(nc3n(-c4ccc(OC)c(Cl)c4)c(C)cn23)n(C)c1=O. The summed E-state index contributed by atoms with van der Waals surface area (Å²) in [5.74, 6) is 1.07. The van der Waals surface area contributed by atoms with Gasteiger partial charge in [-0.15, -0.1) is 0 Å². The Kier molecular flexibility index (Phi) is 4.71. The number of nitrogens with zero attached hydrogens (tertiary/aromatic N) is 5. The van der Waals surface area contributed by atoms with Gasteiger partial charge in [0, 0.05) is 26.0 Å². The Balaban J connectivity index is 2.04. The minimum Gasteiger partial charge on any atom is -0.495 e. The average molecular weight is 418 g/mol. The fourth-order valence-electron chi connectivity index (χ4n) is 3.50. The monoisotopic (exact) mass is 417 g/mol. The number of aromatic nitrogens is 5. The zero-order valence-corrected chi connectivity index (χ0v) is 17.2. The van der Waals surface area contributed by atoms with E-state index >= 15 is 0 Å². The maximum Gasteiger partial charge on any atom is 0.332 e. The largest absolute Gasteiger partial charge is 0.495 e. The van der Waals surface area contributed by atoms with Crippen LogP contribution in [0.25, 0.3) is 22.6 Å². The molecule has 0 unspecified atom stereocenters. The zero-order valence-electron chi connectivity index (χ0n) is 16.5. The van der Waals surface area contributed by atoms with Gasteiger partial charge in [-0.25, -0.2) is 4.79 Å². The van der Waals surface area contributed by atoms with Crippen molar-refractivity contribution in [2.24, 2.45) is 7.05 Å². The summed E-state index contributed by atoms with van der Waals surface area (Å²) in [7, 11) is 4.67. The molecule has 3 aromatic heterocycles. The molecule has 29 heavy (non-hydrogen) atoms. The van der Waals surface area contributed by atoms with Gasteiger partial charge in [0.05, 0.1) is 31.0 Å². The number of rotatable bonds is 5. The van der Waals surface area contributed by atoms with E-state index in [2.05, 4.69) is 4.98 Å². The van der Waals surface area contributed by atoms with Crippen molar-refractivity contribution in [1.29, 1.82) is 0 Å². The normalized spacial score (nSPS) is 11.6. The van der Waals surface area contributed by atoms with Gasteiger partial charge in [0.1, 0.15) is 5.75 Å². The second-order valence-electron chi connectivity index (χ2n) is 6.67. The van der Waals surface area contributed by atoms with E-state index in [1.54, 1.807) is 30.7 Å². The van der Waals surface area contributed by atoms with Crippen molar-refractivity contribution in [3.05, 3.63) is 56.0 Å². The van der Waals surface area contributed by atoms with Crippen LogP contribution in [0.3, 0.4) is 0 Å². The second-order valence-corrected chi connectivity index (χ2v) is 7.08. The highest BCUT2D eigenvalue weighted by molar-refractivity contribution is 6.32. The number of ether oxygens (including phenoxy) is 2. The zero-order chi connectivity index (χ0) is 20.9. The van der Waals surface area contributed by atoms with Crippen molar-refractivity contribution in [3.63, 3.8) is 0 Å². The molecule has 4 aromatic rings. The summed E-state index contributed by atoms with van der Waals surface area (Å²) in [4.78, 5) is 30.3. The van der Waals surface area contributed by atoms with Crippen LogP contribution in [-0.2, 0) is 18.3 Å². The predicted molar refractivity (Wildman–Crippen MR) is 110 cm³/mol. The van der Waals surface area contributed by atoms with Crippen molar-refractivity contribution < 1.29 is 9.47 Å². The Labute approximate surface area is 170 Å². The molecule has 0 saturated carbocycles. The van der Waals surface area contributed by atoms with Crippen molar-refractivity contribution in [3.8, 4) is 11.4 Å². The molecule has 0 bridgehead atoms. The van der Waals surface area contributed by atoms with Gasteiger partial charge in [0.2, 0.25) is 5.78 Å². The van der Waals surface area contributed by atoms with Crippen molar-refractivity contribution in [1.82, 2.24) is 23.1 Å². The van der Waals surface area contributed by atoms with Crippen LogP contribution in [0.2, 0.25) is 5.02 Å². The third-order valence-corrected chi connectivity index (χ3v) is 5.23. The minimum absolute atomic E-state index is 0.166. The predicted octanol–water partition coefficient (Wildman–Crippen LogP) is 1.76. The van der Waals surface area contributed by atoms with Crippen LogP contribution in [-0.4, -0.2) is 43.9 Å². The number of methoxy groups -OCH3 is 2. The molecule has 0 atom stereocenters. The van der Waals surface area contributed by atoms with Crippen LogP contribution in [0, 0.1) is 6.92 Å². The number of aryl methyl sites for hydroxylation is 2. The Bertz CT molecular complexity index is 1360. The van der Waals surface area contributed by atoms with Crippen LogP contribution in [0.1, 0.15) is 5.69 Å². The molecule has 0 spiro atoms. The summed E-state index contributed by atoms with van der Waals surface area (Å²) in [5.41, 5.74) is 1.43. The Hall–Kier alpha value is -3.04. The smallest absolute Gasteiger partial charge is 0.332 e. The maximum atomic E-state index is 13.1. The molecule has 0 amide bonds. The van der Waals surface area contributed by atoms with Crippen LogP contribution >= 0.6 is 11.6 Å². The minimum atomic E-state index is -0.434. The lowest BCUT2D eigenvalue weighted by Gasteiger charge is -2.09. The lowest BCUT2D eigenvalue weighted by atomic mass is 10.3. The first-order chi connectivity index (χ1) is 13.9. The highest BCUT2D eigenvalue weighted by Crippen LogP contribution is 2.29. The van der Waals surface area contributed by atoms with E-state index in [-0.39, 0.29) is 13.2 Å². The number of halogens is 1. The summed E-state index contributed by atoms with van der Waals surface area (Å²) < 4.78 is 16.4. The van der Waals surface area contributed by atoms with E-state index in [1.165, 1.54) is 11.7 Å². The van der Waals surface area contributed by atoms with Gasteiger partial charge in [-0.2, -0.15) is 4.98 Å². The standard InChI is InChI=1S/C19H20ClN5O4/c1-11-10-24-15-16(22(2)19(27)23(17(15)26)7-8-28-3)21-18(24)25(11)12-5-6-14(29-4)13(20)9-12/h5-6,9-10H,7-8H2,1-4H3. The highest BCUT2D eigenvalue weighted by atomic mass is 35.5. The number of benzene rings is 1. The maximum absolute atomic E-state index is 13.1. The molecular formula is C19H20ClN5O4. The first kappa shape index (κ1) is 19.3. The van der Waals surface area contributed by atoms with Gasteiger partial charge < -0.3 is 9.47 Å². The molecule has 0 saturated heterocycles. The summed E-state index contributed by atoms with van der Waals surface area (Å²) >= 11 is 6.29. The van der Waals surface area contributed by atoms with Gasteiger partial charge in [0.25, 0.3) is 5.56 Å². The third-order valence-electron chi connectivity index (χ3n) is 4.94. The lowest BCUT2D eigenvalue weighted by molar-refractivity contribution is 0.184. The van der Waals surface area contributed by atoms with Crippen LogP contribution in [0.5, 0.6) is 5.75 Å². The summed E-state index contributed by atoms with van der Waals surface area (Å²) in [5, 5.41) is 0.460. The molecule has 4 rings (SSSR count). The van der Waals surface area contributed by atoms with Gasteiger partial charge in [0.15, 0.2) is 11.2 Å². The average Bonchev–Trinajstić information content (AvgIpc) is 3.20. The third kappa shape index (κ3) is 2.85. The molecule has 152 valence electrons. The van der Waals surface area contributed by atoms with Crippen molar-refractivity contribution in [2.45, 2.75) is 13.5 Å². The Morgan fingerprint density at radius 2 is 1.97 bits per heavy atom. The van der Waals surface area contributed by atoms with E-state index < -0.39 is 11.2 Å².